The van der Waals surface area contributed by atoms with Crippen LogP contribution in [0.15, 0.2) is 45.5 Å². The number of hydrogen-bond donors (Lipinski definition) is 1. The van der Waals surface area contributed by atoms with Crippen molar-refractivity contribution in [1.82, 2.24) is 4.98 Å². The first-order valence-corrected chi connectivity index (χ1v) is 7.40. The molecule has 0 aliphatic heterocycles. The average Bonchev–Trinajstić information content (AvgIpc) is 2.39. The molecule has 0 spiro atoms. The van der Waals surface area contributed by atoms with Gasteiger partial charge in [0.25, 0.3) is 0 Å². The summed E-state index contributed by atoms with van der Waals surface area (Å²) in [5.41, 5.74) is 2.15. The van der Waals surface area contributed by atoms with Crippen molar-refractivity contribution < 1.29 is 4.74 Å². The summed E-state index contributed by atoms with van der Waals surface area (Å²) in [7, 11) is 1.61. The number of aromatic nitrogens is 1. The number of ether oxygens (including phenoxy) is 1. The van der Waals surface area contributed by atoms with Crippen LogP contribution in [0.2, 0.25) is 0 Å². The third kappa shape index (κ3) is 3.70. The minimum atomic E-state index is 0.178. The Morgan fingerprint density at radius 3 is 2.58 bits per heavy atom. The van der Waals surface area contributed by atoms with Gasteiger partial charge < -0.3 is 10.1 Å². The maximum atomic E-state index is 5.04. The van der Waals surface area contributed by atoms with Crippen molar-refractivity contribution in [1.29, 1.82) is 0 Å². The first kappa shape index (κ1) is 14.3. The van der Waals surface area contributed by atoms with Crippen LogP contribution in [0.25, 0.3) is 0 Å². The summed E-state index contributed by atoms with van der Waals surface area (Å²) in [5.74, 6) is 0.614. The van der Waals surface area contributed by atoms with E-state index in [2.05, 4.69) is 55.2 Å². The van der Waals surface area contributed by atoms with Crippen LogP contribution >= 0.6 is 31.9 Å². The van der Waals surface area contributed by atoms with Crippen molar-refractivity contribution >= 4 is 37.5 Å². The van der Waals surface area contributed by atoms with Crippen molar-refractivity contribution in [2.24, 2.45) is 0 Å². The first-order valence-electron chi connectivity index (χ1n) is 5.81. The number of nitrogens with zero attached hydrogens (tertiary/aromatic N) is 1. The van der Waals surface area contributed by atoms with E-state index in [0.717, 1.165) is 14.6 Å². The van der Waals surface area contributed by atoms with E-state index >= 15 is 0 Å². The second-order valence-corrected chi connectivity index (χ2v) is 5.89. The molecule has 0 radical (unpaired) electrons. The molecule has 1 aromatic heterocycles. The van der Waals surface area contributed by atoms with Gasteiger partial charge in [0, 0.05) is 21.1 Å². The van der Waals surface area contributed by atoms with Crippen molar-refractivity contribution in [3.63, 3.8) is 0 Å². The number of nitrogens with one attached hydrogen (secondary N) is 1. The van der Waals surface area contributed by atoms with Crippen molar-refractivity contribution in [2.45, 2.75) is 13.0 Å². The molecule has 0 fully saturated rings. The highest BCUT2D eigenvalue weighted by atomic mass is 79.9. The van der Waals surface area contributed by atoms with Gasteiger partial charge in [-0.1, -0.05) is 37.9 Å². The number of rotatable bonds is 4. The molecule has 2 rings (SSSR count). The molecule has 1 atom stereocenters. The molecular formula is C14H14Br2N2O. The molecule has 0 saturated carbocycles. The van der Waals surface area contributed by atoms with Crippen LogP contribution in [0, 0.1) is 0 Å². The Morgan fingerprint density at radius 1 is 1.21 bits per heavy atom. The summed E-state index contributed by atoms with van der Waals surface area (Å²) >= 11 is 7.03. The number of methoxy groups -OCH3 is 1. The maximum absolute atomic E-state index is 5.04. The van der Waals surface area contributed by atoms with E-state index in [4.69, 9.17) is 4.74 Å². The zero-order valence-corrected chi connectivity index (χ0v) is 13.8. The first-order chi connectivity index (χ1) is 9.10. The molecule has 1 heterocycles. The van der Waals surface area contributed by atoms with Crippen LogP contribution in [0.1, 0.15) is 18.5 Å². The molecule has 3 nitrogen and oxygen atoms in total. The van der Waals surface area contributed by atoms with E-state index in [0.29, 0.717) is 5.88 Å². The predicted octanol–water partition coefficient (Wildman–Crippen LogP) is 4.79. The lowest BCUT2D eigenvalue weighted by atomic mass is 10.1. The molecule has 0 bridgehead atoms. The largest absolute Gasteiger partial charge is 0.481 e. The van der Waals surface area contributed by atoms with Gasteiger partial charge in [-0.3, -0.25) is 0 Å². The summed E-state index contributed by atoms with van der Waals surface area (Å²) in [4.78, 5) is 4.18. The van der Waals surface area contributed by atoms with Gasteiger partial charge in [-0.25, -0.2) is 4.98 Å². The topological polar surface area (TPSA) is 34.1 Å². The zero-order chi connectivity index (χ0) is 13.8. The van der Waals surface area contributed by atoms with E-state index in [1.165, 1.54) is 5.56 Å². The molecule has 0 aliphatic rings. The van der Waals surface area contributed by atoms with Crippen molar-refractivity contribution in [3.05, 3.63) is 51.0 Å². The minimum absolute atomic E-state index is 0.178. The number of benzene rings is 1. The van der Waals surface area contributed by atoms with E-state index in [1.807, 2.05) is 24.3 Å². The summed E-state index contributed by atoms with van der Waals surface area (Å²) in [6.07, 6.45) is 1.77. The Balaban J connectivity index is 2.13. The lowest BCUT2D eigenvalue weighted by Crippen LogP contribution is -2.07. The lowest BCUT2D eigenvalue weighted by molar-refractivity contribution is 0.398. The fraction of sp³-hybridized carbons (Fsp3) is 0.214. The normalized spacial score (nSPS) is 12.0. The third-order valence-corrected chi connectivity index (χ3v) is 3.94. The quantitative estimate of drug-likeness (QED) is 0.821. The lowest BCUT2D eigenvalue weighted by Gasteiger charge is -2.17. The highest BCUT2D eigenvalue weighted by Crippen LogP contribution is 2.29. The number of pyridine rings is 1. The summed E-state index contributed by atoms with van der Waals surface area (Å²) in [5, 5.41) is 3.41. The van der Waals surface area contributed by atoms with Gasteiger partial charge in [0.2, 0.25) is 5.88 Å². The van der Waals surface area contributed by atoms with Crippen LogP contribution in [0.4, 0.5) is 5.69 Å². The van der Waals surface area contributed by atoms with Gasteiger partial charge in [0.1, 0.15) is 0 Å². The molecular weight excluding hydrogens is 372 g/mol. The molecule has 0 aliphatic carbocycles. The van der Waals surface area contributed by atoms with E-state index in [-0.39, 0.29) is 6.04 Å². The van der Waals surface area contributed by atoms with Crippen LogP contribution < -0.4 is 10.1 Å². The van der Waals surface area contributed by atoms with Crippen LogP contribution in [-0.4, -0.2) is 12.1 Å². The molecule has 5 heteroatoms. The molecule has 19 heavy (non-hydrogen) atoms. The van der Waals surface area contributed by atoms with Gasteiger partial charge in [-0.05, 0) is 30.7 Å². The maximum Gasteiger partial charge on any atom is 0.213 e. The molecule has 2 aromatic rings. The van der Waals surface area contributed by atoms with Gasteiger partial charge in [-0.15, -0.1) is 0 Å². The minimum Gasteiger partial charge on any atom is -0.481 e. The summed E-state index contributed by atoms with van der Waals surface area (Å²) in [6.45, 7) is 2.11. The predicted molar refractivity (Wildman–Crippen MR) is 84.7 cm³/mol. The van der Waals surface area contributed by atoms with E-state index < -0.39 is 0 Å². The highest BCUT2D eigenvalue weighted by Gasteiger charge is 2.09. The van der Waals surface area contributed by atoms with Crippen molar-refractivity contribution in [2.75, 3.05) is 12.4 Å². The van der Waals surface area contributed by atoms with Gasteiger partial charge >= 0.3 is 0 Å². The molecule has 1 unspecified atom stereocenters. The number of anilines is 1. The average molecular weight is 386 g/mol. The second kappa shape index (κ2) is 6.39. The van der Waals surface area contributed by atoms with Crippen LogP contribution in [0.5, 0.6) is 5.88 Å². The van der Waals surface area contributed by atoms with E-state index in [9.17, 15) is 0 Å². The zero-order valence-electron chi connectivity index (χ0n) is 10.7. The molecule has 1 aromatic carbocycles. The highest BCUT2D eigenvalue weighted by molar-refractivity contribution is 9.11. The Labute approximate surface area is 129 Å². The fourth-order valence-electron chi connectivity index (χ4n) is 1.77. The summed E-state index contributed by atoms with van der Waals surface area (Å²) in [6, 6.07) is 10.1. The van der Waals surface area contributed by atoms with Crippen molar-refractivity contribution in [3.8, 4) is 5.88 Å². The molecule has 0 saturated heterocycles. The third-order valence-electron chi connectivity index (χ3n) is 2.76. The number of hydrogen-bond acceptors (Lipinski definition) is 3. The Morgan fingerprint density at radius 2 is 2.00 bits per heavy atom. The smallest absolute Gasteiger partial charge is 0.213 e. The Kier molecular flexibility index (Phi) is 4.82. The number of halogens is 2. The second-order valence-electron chi connectivity index (χ2n) is 4.12. The van der Waals surface area contributed by atoms with Crippen LogP contribution in [0.3, 0.4) is 0 Å². The van der Waals surface area contributed by atoms with Gasteiger partial charge in [0.15, 0.2) is 0 Å². The molecule has 1 N–H and O–H groups in total. The molecule has 0 amide bonds. The molecule has 100 valence electrons. The SMILES string of the molecule is COc1ccc(NC(C)c2ccc(Br)cc2Br)cn1. The van der Waals surface area contributed by atoms with E-state index in [1.54, 1.807) is 13.3 Å². The van der Waals surface area contributed by atoms with Gasteiger partial charge in [-0.2, -0.15) is 0 Å². The fourth-order valence-corrected chi connectivity index (χ4v) is 3.16. The standard InChI is InChI=1S/C14H14Br2N2O/c1-9(12-5-3-10(15)7-13(12)16)18-11-4-6-14(19-2)17-8-11/h3-9,18H,1-2H3. The summed E-state index contributed by atoms with van der Waals surface area (Å²) < 4.78 is 7.17. The Bertz CT molecular complexity index is 558. The monoisotopic (exact) mass is 384 g/mol. The Hall–Kier alpha value is -1.07. The van der Waals surface area contributed by atoms with Crippen LogP contribution in [-0.2, 0) is 0 Å². The van der Waals surface area contributed by atoms with Gasteiger partial charge in [0.05, 0.1) is 19.0 Å².